The predicted molar refractivity (Wildman–Crippen MR) is 83.3 cm³/mol. The average molecular weight is 308 g/mol. The lowest BCUT2D eigenvalue weighted by atomic mass is 9.75. The second-order valence-electron chi connectivity index (χ2n) is 7.36. The van der Waals surface area contributed by atoms with Gasteiger partial charge in [-0.2, -0.15) is 0 Å². The van der Waals surface area contributed by atoms with Crippen LogP contribution in [0.2, 0.25) is 0 Å². The summed E-state index contributed by atoms with van der Waals surface area (Å²) in [6.07, 6.45) is 5.56. The summed E-state index contributed by atoms with van der Waals surface area (Å²) in [6.45, 7) is 5.10. The summed E-state index contributed by atoms with van der Waals surface area (Å²) in [5, 5.41) is 0. The Kier molecular flexibility index (Phi) is 4.44. The Hall–Kier alpha value is -1.10. The van der Waals surface area contributed by atoms with Gasteiger partial charge in [-0.05, 0) is 38.0 Å². The third kappa shape index (κ3) is 2.75. The first kappa shape index (κ1) is 15.8. The van der Waals surface area contributed by atoms with E-state index < -0.39 is 0 Å². The fourth-order valence-corrected chi connectivity index (χ4v) is 4.44. The number of ether oxygens (including phenoxy) is 1. The number of nitrogens with zero attached hydrogens (tertiary/aromatic N) is 2. The van der Waals surface area contributed by atoms with Gasteiger partial charge in [0.05, 0.1) is 6.61 Å². The molecule has 2 aliphatic heterocycles. The third-order valence-electron chi connectivity index (χ3n) is 5.93. The van der Waals surface area contributed by atoms with Crippen LogP contribution in [0.25, 0.3) is 0 Å². The maximum absolute atomic E-state index is 12.5. The molecule has 3 rings (SSSR count). The van der Waals surface area contributed by atoms with Gasteiger partial charge >= 0.3 is 0 Å². The molecular formula is C17H28N2O3. The summed E-state index contributed by atoms with van der Waals surface area (Å²) in [4.78, 5) is 28.7. The van der Waals surface area contributed by atoms with E-state index in [9.17, 15) is 9.59 Å². The molecule has 0 N–H and O–H groups in total. The third-order valence-corrected chi connectivity index (χ3v) is 5.93. The molecule has 0 unspecified atom stereocenters. The number of hydrogen-bond donors (Lipinski definition) is 0. The average Bonchev–Trinajstić information content (AvgIpc) is 2.78. The lowest BCUT2D eigenvalue weighted by molar-refractivity contribution is -0.143. The van der Waals surface area contributed by atoms with Crippen molar-refractivity contribution in [3.8, 4) is 0 Å². The van der Waals surface area contributed by atoms with Crippen LogP contribution in [0, 0.1) is 11.8 Å². The van der Waals surface area contributed by atoms with E-state index in [2.05, 4.69) is 6.92 Å². The number of carbonyl (C=O) groups is 2. The molecule has 22 heavy (non-hydrogen) atoms. The molecule has 1 saturated carbocycles. The highest BCUT2D eigenvalue weighted by Crippen LogP contribution is 2.40. The number of carbonyl (C=O) groups excluding carboxylic acids is 2. The van der Waals surface area contributed by atoms with Gasteiger partial charge in [-0.3, -0.25) is 9.59 Å². The van der Waals surface area contributed by atoms with Crippen molar-refractivity contribution in [3.05, 3.63) is 0 Å². The van der Waals surface area contributed by atoms with E-state index in [1.807, 2.05) is 9.80 Å². The van der Waals surface area contributed by atoms with Gasteiger partial charge in [0.1, 0.15) is 0 Å². The second kappa shape index (κ2) is 6.19. The van der Waals surface area contributed by atoms with Gasteiger partial charge in [0, 0.05) is 44.6 Å². The number of hydrogen-bond acceptors (Lipinski definition) is 3. The van der Waals surface area contributed by atoms with Crippen molar-refractivity contribution in [2.24, 2.45) is 11.8 Å². The van der Waals surface area contributed by atoms with Crippen LogP contribution in [0.1, 0.15) is 45.4 Å². The fraction of sp³-hybridized carbons (Fsp3) is 0.882. The Balaban J connectivity index is 1.58. The topological polar surface area (TPSA) is 49.9 Å². The summed E-state index contributed by atoms with van der Waals surface area (Å²) in [5.74, 6) is 1.58. The highest BCUT2D eigenvalue weighted by atomic mass is 16.5. The quantitative estimate of drug-likeness (QED) is 0.794. The zero-order valence-electron chi connectivity index (χ0n) is 13.8. The van der Waals surface area contributed by atoms with Crippen molar-refractivity contribution in [2.75, 3.05) is 33.4 Å². The van der Waals surface area contributed by atoms with E-state index in [1.54, 1.807) is 7.11 Å². The van der Waals surface area contributed by atoms with Crippen LogP contribution >= 0.6 is 0 Å². The van der Waals surface area contributed by atoms with Crippen LogP contribution < -0.4 is 0 Å². The summed E-state index contributed by atoms with van der Waals surface area (Å²) >= 11 is 0. The van der Waals surface area contributed by atoms with Gasteiger partial charge in [0.25, 0.3) is 0 Å². The van der Waals surface area contributed by atoms with Crippen molar-refractivity contribution in [1.29, 1.82) is 0 Å². The highest BCUT2D eigenvalue weighted by molar-refractivity contribution is 5.81. The van der Waals surface area contributed by atoms with E-state index in [-0.39, 0.29) is 17.4 Å². The SMILES string of the molecule is COCCN1C(=O)CCC12CCN(C(=O)C1CC(C)C1)CC2. The van der Waals surface area contributed by atoms with E-state index in [0.717, 1.165) is 45.2 Å². The lowest BCUT2D eigenvalue weighted by Crippen LogP contribution is -2.56. The molecule has 1 aliphatic carbocycles. The molecular weight excluding hydrogens is 280 g/mol. The normalized spacial score (nSPS) is 30.7. The maximum atomic E-state index is 12.5. The van der Waals surface area contributed by atoms with Crippen LogP contribution in [0.4, 0.5) is 0 Å². The monoisotopic (exact) mass is 308 g/mol. The first-order valence-electron chi connectivity index (χ1n) is 8.64. The van der Waals surface area contributed by atoms with Crippen LogP contribution in [0.3, 0.4) is 0 Å². The zero-order chi connectivity index (χ0) is 15.7. The van der Waals surface area contributed by atoms with E-state index in [1.165, 1.54) is 0 Å². The lowest BCUT2D eigenvalue weighted by Gasteiger charge is -2.46. The van der Waals surface area contributed by atoms with Crippen molar-refractivity contribution in [1.82, 2.24) is 9.80 Å². The molecule has 5 heteroatoms. The molecule has 0 aromatic heterocycles. The van der Waals surface area contributed by atoms with Gasteiger partial charge in [-0.1, -0.05) is 6.92 Å². The molecule has 0 aromatic rings. The molecule has 3 aliphatic rings. The Morgan fingerprint density at radius 3 is 2.55 bits per heavy atom. The van der Waals surface area contributed by atoms with E-state index in [0.29, 0.717) is 31.4 Å². The fourth-order valence-electron chi connectivity index (χ4n) is 4.44. The smallest absolute Gasteiger partial charge is 0.225 e. The van der Waals surface area contributed by atoms with Crippen LogP contribution in [0.15, 0.2) is 0 Å². The van der Waals surface area contributed by atoms with Crippen molar-refractivity contribution in [2.45, 2.75) is 51.0 Å². The molecule has 124 valence electrons. The first-order chi connectivity index (χ1) is 10.6. The minimum Gasteiger partial charge on any atom is -0.383 e. The second-order valence-corrected chi connectivity index (χ2v) is 7.36. The molecule has 2 heterocycles. The van der Waals surface area contributed by atoms with Gasteiger partial charge in [0.15, 0.2) is 0 Å². The summed E-state index contributed by atoms with van der Waals surface area (Å²) in [6, 6.07) is 0. The Morgan fingerprint density at radius 1 is 1.27 bits per heavy atom. The van der Waals surface area contributed by atoms with E-state index in [4.69, 9.17) is 4.74 Å². The molecule has 0 atom stereocenters. The van der Waals surface area contributed by atoms with Gasteiger partial charge in [0.2, 0.25) is 11.8 Å². The summed E-state index contributed by atoms with van der Waals surface area (Å²) in [7, 11) is 1.67. The van der Waals surface area contributed by atoms with Gasteiger partial charge < -0.3 is 14.5 Å². The molecule has 1 spiro atoms. The number of methoxy groups -OCH3 is 1. The number of amides is 2. The molecule has 0 aromatic carbocycles. The van der Waals surface area contributed by atoms with Gasteiger partial charge in [-0.25, -0.2) is 0 Å². The Morgan fingerprint density at radius 2 is 1.95 bits per heavy atom. The largest absolute Gasteiger partial charge is 0.383 e. The first-order valence-corrected chi connectivity index (χ1v) is 8.64. The number of piperidine rings is 1. The standard InChI is InChI=1S/C17H28N2O3/c1-13-11-14(12-13)16(21)18-7-5-17(6-8-18)4-3-15(20)19(17)9-10-22-2/h13-14H,3-12H2,1-2H3. The molecule has 0 bridgehead atoms. The van der Waals surface area contributed by atoms with Crippen molar-refractivity contribution >= 4 is 11.8 Å². The predicted octanol–water partition coefficient (Wildman–Crippen LogP) is 1.66. The molecule has 5 nitrogen and oxygen atoms in total. The number of rotatable bonds is 4. The maximum Gasteiger partial charge on any atom is 0.225 e. The minimum atomic E-state index is -0.0146. The van der Waals surface area contributed by atoms with Gasteiger partial charge in [-0.15, -0.1) is 0 Å². The van der Waals surface area contributed by atoms with Crippen molar-refractivity contribution < 1.29 is 14.3 Å². The molecule has 2 amide bonds. The molecule has 3 fully saturated rings. The Bertz CT molecular complexity index is 437. The van der Waals surface area contributed by atoms with Crippen LogP contribution in [0.5, 0.6) is 0 Å². The summed E-state index contributed by atoms with van der Waals surface area (Å²) in [5.41, 5.74) is -0.0146. The molecule has 2 saturated heterocycles. The highest BCUT2D eigenvalue weighted by Gasteiger charge is 2.47. The zero-order valence-corrected chi connectivity index (χ0v) is 13.8. The molecule has 0 radical (unpaired) electrons. The van der Waals surface area contributed by atoms with Crippen LogP contribution in [-0.2, 0) is 14.3 Å². The minimum absolute atomic E-state index is 0.0146. The van der Waals surface area contributed by atoms with Crippen molar-refractivity contribution in [3.63, 3.8) is 0 Å². The number of likely N-dealkylation sites (tertiary alicyclic amines) is 2. The van der Waals surface area contributed by atoms with Crippen LogP contribution in [-0.4, -0.2) is 60.5 Å². The Labute approximate surface area is 133 Å². The van der Waals surface area contributed by atoms with E-state index >= 15 is 0 Å². The summed E-state index contributed by atoms with van der Waals surface area (Å²) < 4.78 is 5.15.